The van der Waals surface area contributed by atoms with Crippen molar-refractivity contribution < 1.29 is 4.79 Å². The molecule has 0 aliphatic heterocycles. The molecule has 164 valence electrons. The van der Waals surface area contributed by atoms with Gasteiger partial charge in [0.15, 0.2) is 11.0 Å². The Morgan fingerprint density at radius 2 is 1.74 bits per heavy atom. The van der Waals surface area contributed by atoms with Crippen LogP contribution in [-0.4, -0.2) is 26.4 Å². The molecule has 0 fully saturated rings. The van der Waals surface area contributed by atoms with Crippen LogP contribution in [0.1, 0.15) is 58.6 Å². The number of carbonyl (C=O) groups excluding carboxylic acids is 1. The van der Waals surface area contributed by atoms with Crippen molar-refractivity contribution in [3.05, 3.63) is 59.7 Å². The van der Waals surface area contributed by atoms with Crippen LogP contribution in [0.3, 0.4) is 0 Å². The number of anilines is 1. The van der Waals surface area contributed by atoms with Crippen LogP contribution in [0.2, 0.25) is 0 Å². The average Bonchev–Trinajstić information content (AvgIpc) is 3.15. The molecule has 0 unspecified atom stereocenters. The number of para-hydroxylation sites is 1. The average molecular weight is 437 g/mol. The van der Waals surface area contributed by atoms with Gasteiger partial charge in [-0.25, -0.2) is 0 Å². The summed E-state index contributed by atoms with van der Waals surface area (Å²) in [7, 11) is 0. The molecular formula is C25H32N4OS. The number of hydrogen-bond donors (Lipinski definition) is 1. The summed E-state index contributed by atoms with van der Waals surface area (Å²) >= 11 is 1.41. The Kier molecular flexibility index (Phi) is 7.21. The van der Waals surface area contributed by atoms with Crippen LogP contribution in [-0.2, 0) is 16.8 Å². The van der Waals surface area contributed by atoms with E-state index in [-0.39, 0.29) is 17.1 Å². The predicted octanol–water partition coefficient (Wildman–Crippen LogP) is 6.12. The van der Waals surface area contributed by atoms with Crippen molar-refractivity contribution in [3.8, 4) is 11.4 Å². The summed E-state index contributed by atoms with van der Waals surface area (Å²) in [4.78, 5) is 12.6. The van der Waals surface area contributed by atoms with E-state index in [4.69, 9.17) is 0 Å². The Balaban J connectivity index is 1.71. The number of benzene rings is 2. The number of thioether (sulfide) groups is 1. The standard InChI is InChI=1S/C25H32N4OS/c1-7-29-23(18-12-14-19(15-13-18)25(4,5)6)27-28-24(29)31-16-22(30)26-21-11-9-8-10-20(21)17(2)3/h8-15,17H,7,16H2,1-6H3,(H,26,30). The summed E-state index contributed by atoms with van der Waals surface area (Å²) in [5, 5.41) is 12.6. The highest BCUT2D eigenvalue weighted by Gasteiger charge is 2.17. The minimum Gasteiger partial charge on any atom is -0.325 e. The highest BCUT2D eigenvalue weighted by molar-refractivity contribution is 7.99. The molecule has 0 aliphatic carbocycles. The second kappa shape index (κ2) is 9.69. The third-order valence-electron chi connectivity index (χ3n) is 5.23. The van der Waals surface area contributed by atoms with Crippen LogP contribution in [0, 0.1) is 0 Å². The van der Waals surface area contributed by atoms with Crippen molar-refractivity contribution in [3.63, 3.8) is 0 Å². The first-order chi connectivity index (χ1) is 14.7. The van der Waals surface area contributed by atoms with Crippen molar-refractivity contribution in [2.75, 3.05) is 11.1 Å². The van der Waals surface area contributed by atoms with Gasteiger partial charge in [0.1, 0.15) is 0 Å². The highest BCUT2D eigenvalue weighted by Crippen LogP contribution is 2.28. The normalized spacial score (nSPS) is 11.7. The van der Waals surface area contributed by atoms with Crippen molar-refractivity contribution in [1.82, 2.24) is 14.8 Å². The first kappa shape index (κ1) is 23.1. The molecular weight excluding hydrogens is 404 g/mol. The van der Waals surface area contributed by atoms with Gasteiger partial charge in [-0.3, -0.25) is 4.79 Å². The first-order valence-electron chi connectivity index (χ1n) is 10.8. The van der Waals surface area contributed by atoms with Crippen LogP contribution >= 0.6 is 11.8 Å². The largest absolute Gasteiger partial charge is 0.325 e. The van der Waals surface area contributed by atoms with Gasteiger partial charge in [-0.1, -0.05) is 88.8 Å². The second-order valence-corrected chi connectivity index (χ2v) is 9.90. The maximum Gasteiger partial charge on any atom is 0.234 e. The third-order valence-corrected chi connectivity index (χ3v) is 6.20. The van der Waals surface area contributed by atoms with Crippen molar-refractivity contribution in [2.45, 2.75) is 64.6 Å². The van der Waals surface area contributed by atoms with Crippen LogP contribution in [0.15, 0.2) is 53.7 Å². The van der Waals surface area contributed by atoms with Gasteiger partial charge < -0.3 is 9.88 Å². The Hall–Kier alpha value is -2.60. The summed E-state index contributed by atoms with van der Waals surface area (Å²) in [6.07, 6.45) is 0. The molecule has 1 N–H and O–H groups in total. The maximum absolute atomic E-state index is 12.6. The van der Waals surface area contributed by atoms with E-state index in [1.807, 2.05) is 18.2 Å². The Morgan fingerprint density at radius 3 is 2.35 bits per heavy atom. The monoisotopic (exact) mass is 436 g/mol. The molecule has 1 amide bonds. The topological polar surface area (TPSA) is 59.8 Å². The summed E-state index contributed by atoms with van der Waals surface area (Å²) in [6.45, 7) is 13.7. The molecule has 3 rings (SSSR count). The molecule has 0 atom stereocenters. The molecule has 5 nitrogen and oxygen atoms in total. The van der Waals surface area contributed by atoms with Gasteiger partial charge in [0.2, 0.25) is 5.91 Å². The number of nitrogens with one attached hydrogen (secondary N) is 1. The van der Waals surface area contributed by atoms with E-state index in [1.165, 1.54) is 17.3 Å². The smallest absolute Gasteiger partial charge is 0.234 e. The molecule has 1 heterocycles. The summed E-state index contributed by atoms with van der Waals surface area (Å²) in [5.41, 5.74) is 4.44. The molecule has 1 aromatic heterocycles. The minimum atomic E-state index is -0.0418. The number of aromatic nitrogens is 3. The number of rotatable bonds is 7. The van der Waals surface area contributed by atoms with Gasteiger partial charge in [-0.15, -0.1) is 10.2 Å². The van der Waals surface area contributed by atoms with Gasteiger partial charge in [0, 0.05) is 17.8 Å². The molecule has 31 heavy (non-hydrogen) atoms. The minimum absolute atomic E-state index is 0.0418. The molecule has 0 saturated heterocycles. The zero-order valence-corrected chi connectivity index (χ0v) is 20.1. The van der Waals surface area contributed by atoms with Crippen LogP contribution in [0.5, 0.6) is 0 Å². The van der Waals surface area contributed by atoms with Gasteiger partial charge >= 0.3 is 0 Å². The molecule has 0 spiro atoms. The van der Waals surface area contributed by atoms with Crippen LogP contribution in [0.25, 0.3) is 11.4 Å². The number of amides is 1. The fourth-order valence-corrected chi connectivity index (χ4v) is 4.25. The zero-order chi connectivity index (χ0) is 22.6. The fourth-order valence-electron chi connectivity index (χ4n) is 3.44. The lowest BCUT2D eigenvalue weighted by Gasteiger charge is -2.19. The van der Waals surface area contributed by atoms with Crippen molar-refractivity contribution in [1.29, 1.82) is 0 Å². The zero-order valence-electron chi connectivity index (χ0n) is 19.3. The summed E-state index contributed by atoms with van der Waals surface area (Å²) in [5.74, 6) is 1.42. The molecule has 6 heteroatoms. The molecule has 2 aromatic carbocycles. The molecule has 0 bridgehead atoms. The number of nitrogens with zero attached hydrogens (tertiary/aromatic N) is 3. The SMILES string of the molecule is CCn1c(SCC(=O)Nc2ccccc2C(C)C)nnc1-c1ccc(C(C)(C)C)cc1. The maximum atomic E-state index is 12.6. The number of hydrogen-bond acceptors (Lipinski definition) is 4. The lowest BCUT2D eigenvalue weighted by atomic mass is 9.87. The van der Waals surface area contributed by atoms with E-state index in [0.717, 1.165) is 34.3 Å². The van der Waals surface area contributed by atoms with E-state index in [2.05, 4.69) is 92.0 Å². The quantitative estimate of drug-likeness (QED) is 0.454. The van der Waals surface area contributed by atoms with E-state index >= 15 is 0 Å². The van der Waals surface area contributed by atoms with E-state index in [9.17, 15) is 4.79 Å². The summed E-state index contributed by atoms with van der Waals surface area (Å²) < 4.78 is 2.06. The third kappa shape index (κ3) is 5.56. The van der Waals surface area contributed by atoms with Gasteiger partial charge in [-0.2, -0.15) is 0 Å². The van der Waals surface area contributed by atoms with Crippen LogP contribution in [0.4, 0.5) is 5.69 Å². The molecule has 0 saturated carbocycles. The lowest BCUT2D eigenvalue weighted by molar-refractivity contribution is -0.113. The van der Waals surface area contributed by atoms with E-state index in [1.54, 1.807) is 0 Å². The first-order valence-corrected chi connectivity index (χ1v) is 11.7. The highest BCUT2D eigenvalue weighted by atomic mass is 32.2. The summed E-state index contributed by atoms with van der Waals surface area (Å²) in [6, 6.07) is 16.4. The van der Waals surface area contributed by atoms with Crippen molar-refractivity contribution in [2.24, 2.45) is 0 Å². The lowest BCUT2D eigenvalue weighted by Crippen LogP contribution is -2.16. The Bertz CT molecular complexity index is 1030. The van der Waals surface area contributed by atoms with E-state index in [0.29, 0.717) is 5.92 Å². The second-order valence-electron chi connectivity index (χ2n) is 8.96. The van der Waals surface area contributed by atoms with Gasteiger partial charge in [0.25, 0.3) is 0 Å². The Labute approximate surface area is 189 Å². The van der Waals surface area contributed by atoms with Crippen LogP contribution < -0.4 is 5.32 Å². The molecule has 0 aliphatic rings. The number of carbonyl (C=O) groups is 1. The molecule has 0 radical (unpaired) electrons. The molecule has 3 aromatic rings. The fraction of sp³-hybridized carbons (Fsp3) is 0.400. The predicted molar refractivity (Wildman–Crippen MR) is 130 cm³/mol. The van der Waals surface area contributed by atoms with E-state index < -0.39 is 0 Å². The Morgan fingerprint density at radius 1 is 1.06 bits per heavy atom. The van der Waals surface area contributed by atoms with Gasteiger partial charge in [0.05, 0.1) is 5.75 Å². The van der Waals surface area contributed by atoms with Crippen molar-refractivity contribution >= 4 is 23.4 Å². The van der Waals surface area contributed by atoms with Gasteiger partial charge in [-0.05, 0) is 35.4 Å².